The first kappa shape index (κ1) is 16.5. The number of aryl methyl sites for hydroxylation is 1. The minimum atomic E-state index is 0.650. The summed E-state index contributed by atoms with van der Waals surface area (Å²) in [5.41, 5.74) is 3.72. The quantitative estimate of drug-likeness (QED) is 0.636. The molecule has 1 aromatic carbocycles. The van der Waals surface area contributed by atoms with Gasteiger partial charge in [-0.2, -0.15) is 0 Å². The van der Waals surface area contributed by atoms with Crippen molar-refractivity contribution >= 4 is 17.3 Å². The molecule has 5 heteroatoms. The van der Waals surface area contributed by atoms with Gasteiger partial charge in [0.25, 0.3) is 0 Å². The minimum absolute atomic E-state index is 0.650. The Balaban J connectivity index is 1.82. The maximum atomic E-state index is 5.12. The molecule has 0 bridgehead atoms. The fourth-order valence-electron chi connectivity index (χ4n) is 2.08. The summed E-state index contributed by atoms with van der Waals surface area (Å²) in [5, 5.41) is 8.79. The highest BCUT2D eigenvalue weighted by Gasteiger charge is 2.02. The van der Waals surface area contributed by atoms with E-state index in [1.807, 2.05) is 0 Å². The largest absolute Gasteiger partial charge is 0.380 e. The lowest BCUT2D eigenvalue weighted by Gasteiger charge is -2.12. The molecule has 0 aliphatic heterocycles. The smallest absolute Gasteiger partial charge is 0.191 e. The molecular weight excluding hydrogens is 294 g/mol. The number of guanidine groups is 1. The number of benzene rings is 1. The van der Waals surface area contributed by atoms with Crippen molar-refractivity contribution < 1.29 is 4.74 Å². The topological polar surface area (TPSA) is 45.7 Å². The summed E-state index contributed by atoms with van der Waals surface area (Å²) in [6, 6.07) is 10.5. The van der Waals surface area contributed by atoms with Gasteiger partial charge in [0.05, 0.1) is 13.2 Å². The third-order valence-electron chi connectivity index (χ3n) is 3.40. The molecule has 0 spiro atoms. The van der Waals surface area contributed by atoms with Gasteiger partial charge in [-0.1, -0.05) is 24.3 Å². The predicted molar refractivity (Wildman–Crippen MR) is 93.2 cm³/mol. The molecule has 2 aromatic rings. The normalized spacial score (nSPS) is 11.5. The Kier molecular flexibility index (Phi) is 6.43. The minimum Gasteiger partial charge on any atom is -0.380 e. The van der Waals surface area contributed by atoms with E-state index in [1.54, 1.807) is 25.5 Å². The van der Waals surface area contributed by atoms with Crippen LogP contribution in [0.2, 0.25) is 0 Å². The zero-order chi connectivity index (χ0) is 15.8. The van der Waals surface area contributed by atoms with Crippen LogP contribution in [-0.4, -0.2) is 20.1 Å². The van der Waals surface area contributed by atoms with Crippen LogP contribution in [0.4, 0.5) is 0 Å². The maximum absolute atomic E-state index is 5.12. The molecule has 1 aromatic heterocycles. The van der Waals surface area contributed by atoms with Gasteiger partial charge in [0, 0.05) is 25.6 Å². The third kappa shape index (κ3) is 4.86. The molecule has 0 fully saturated rings. The van der Waals surface area contributed by atoms with Crippen molar-refractivity contribution in [2.75, 3.05) is 14.2 Å². The van der Waals surface area contributed by atoms with Crippen molar-refractivity contribution in [3.8, 4) is 0 Å². The highest BCUT2D eigenvalue weighted by atomic mass is 32.1. The lowest BCUT2D eigenvalue weighted by atomic mass is 10.1. The zero-order valence-corrected chi connectivity index (χ0v) is 14.2. The fourth-order valence-corrected chi connectivity index (χ4v) is 2.92. The number of hydrogen-bond acceptors (Lipinski definition) is 3. The molecule has 4 nitrogen and oxygen atoms in total. The van der Waals surface area contributed by atoms with Crippen LogP contribution >= 0.6 is 11.3 Å². The highest BCUT2D eigenvalue weighted by molar-refractivity contribution is 7.10. The van der Waals surface area contributed by atoms with Crippen LogP contribution in [-0.2, 0) is 24.4 Å². The molecule has 2 rings (SSSR count). The molecular formula is C17H23N3OS. The SMILES string of the molecule is CN=C(NCc1ccc(COC)cc1)NCc1sccc1C. The highest BCUT2D eigenvalue weighted by Crippen LogP contribution is 2.14. The Morgan fingerprint density at radius 3 is 2.36 bits per heavy atom. The Labute approximate surface area is 136 Å². The molecule has 0 atom stereocenters. The molecule has 0 unspecified atom stereocenters. The standard InChI is InChI=1S/C17H23N3OS/c1-13-8-9-22-16(13)11-20-17(18-2)19-10-14-4-6-15(7-5-14)12-21-3/h4-9H,10-12H2,1-3H3,(H2,18,19,20). The van der Waals surface area contributed by atoms with Crippen molar-refractivity contribution in [2.24, 2.45) is 4.99 Å². The number of hydrogen-bond donors (Lipinski definition) is 2. The van der Waals surface area contributed by atoms with Gasteiger partial charge in [0.1, 0.15) is 0 Å². The van der Waals surface area contributed by atoms with Crippen LogP contribution < -0.4 is 10.6 Å². The second-order valence-electron chi connectivity index (χ2n) is 5.06. The van der Waals surface area contributed by atoms with Crippen LogP contribution in [0, 0.1) is 6.92 Å². The second kappa shape index (κ2) is 8.56. The van der Waals surface area contributed by atoms with Gasteiger partial charge in [-0.05, 0) is 35.1 Å². The summed E-state index contributed by atoms with van der Waals surface area (Å²) >= 11 is 1.77. The number of nitrogens with zero attached hydrogens (tertiary/aromatic N) is 1. The van der Waals surface area contributed by atoms with E-state index in [1.165, 1.54) is 21.6 Å². The molecule has 0 aliphatic rings. The summed E-state index contributed by atoms with van der Waals surface area (Å²) in [7, 11) is 3.50. The molecule has 118 valence electrons. The summed E-state index contributed by atoms with van der Waals surface area (Å²) < 4.78 is 5.12. The monoisotopic (exact) mass is 317 g/mol. The first-order valence-electron chi connectivity index (χ1n) is 7.27. The van der Waals surface area contributed by atoms with Crippen molar-refractivity contribution in [1.29, 1.82) is 0 Å². The molecule has 0 saturated carbocycles. The number of aliphatic imine (C=N–C) groups is 1. The van der Waals surface area contributed by atoms with Gasteiger partial charge < -0.3 is 15.4 Å². The van der Waals surface area contributed by atoms with Crippen molar-refractivity contribution in [2.45, 2.75) is 26.6 Å². The van der Waals surface area contributed by atoms with E-state index in [9.17, 15) is 0 Å². The molecule has 1 heterocycles. The Morgan fingerprint density at radius 1 is 1.09 bits per heavy atom. The Bertz CT molecular complexity index is 605. The van der Waals surface area contributed by atoms with Gasteiger partial charge >= 0.3 is 0 Å². The second-order valence-corrected chi connectivity index (χ2v) is 6.06. The van der Waals surface area contributed by atoms with E-state index >= 15 is 0 Å². The first-order chi connectivity index (χ1) is 10.7. The molecule has 22 heavy (non-hydrogen) atoms. The number of methoxy groups -OCH3 is 1. The van der Waals surface area contributed by atoms with Crippen molar-refractivity contribution in [3.05, 3.63) is 57.3 Å². The molecule has 0 saturated heterocycles. The van der Waals surface area contributed by atoms with E-state index in [-0.39, 0.29) is 0 Å². The van der Waals surface area contributed by atoms with Crippen LogP contribution in [0.5, 0.6) is 0 Å². The van der Waals surface area contributed by atoms with Gasteiger partial charge in [0.2, 0.25) is 0 Å². The molecule has 0 aliphatic carbocycles. The van der Waals surface area contributed by atoms with Crippen LogP contribution in [0.1, 0.15) is 21.6 Å². The number of rotatable bonds is 6. The van der Waals surface area contributed by atoms with E-state index in [2.05, 4.69) is 58.3 Å². The number of thiophene rings is 1. The van der Waals surface area contributed by atoms with E-state index in [4.69, 9.17) is 4.74 Å². The number of ether oxygens (including phenoxy) is 1. The van der Waals surface area contributed by atoms with Crippen molar-refractivity contribution in [3.63, 3.8) is 0 Å². The molecule has 0 amide bonds. The van der Waals surface area contributed by atoms with E-state index in [0.717, 1.165) is 19.0 Å². The van der Waals surface area contributed by atoms with Gasteiger partial charge in [-0.3, -0.25) is 4.99 Å². The van der Waals surface area contributed by atoms with Gasteiger partial charge in [0.15, 0.2) is 5.96 Å². The maximum Gasteiger partial charge on any atom is 0.191 e. The fraction of sp³-hybridized carbons (Fsp3) is 0.353. The number of nitrogens with one attached hydrogen (secondary N) is 2. The van der Waals surface area contributed by atoms with Gasteiger partial charge in [-0.15, -0.1) is 11.3 Å². The van der Waals surface area contributed by atoms with Crippen LogP contribution in [0.3, 0.4) is 0 Å². The van der Waals surface area contributed by atoms with Crippen LogP contribution in [0.25, 0.3) is 0 Å². The van der Waals surface area contributed by atoms with E-state index in [0.29, 0.717) is 6.61 Å². The Hall–Kier alpha value is -1.85. The lowest BCUT2D eigenvalue weighted by molar-refractivity contribution is 0.185. The predicted octanol–water partition coefficient (Wildman–Crippen LogP) is 3.07. The van der Waals surface area contributed by atoms with Crippen LogP contribution in [0.15, 0.2) is 40.7 Å². The molecule has 0 radical (unpaired) electrons. The Morgan fingerprint density at radius 2 is 1.77 bits per heavy atom. The molecule has 2 N–H and O–H groups in total. The third-order valence-corrected chi connectivity index (χ3v) is 4.43. The zero-order valence-electron chi connectivity index (χ0n) is 13.3. The van der Waals surface area contributed by atoms with Gasteiger partial charge in [-0.25, -0.2) is 0 Å². The summed E-state index contributed by atoms with van der Waals surface area (Å²) in [5.74, 6) is 0.814. The average molecular weight is 317 g/mol. The lowest BCUT2D eigenvalue weighted by Crippen LogP contribution is -2.36. The van der Waals surface area contributed by atoms with E-state index < -0.39 is 0 Å². The average Bonchev–Trinajstić information content (AvgIpc) is 2.94. The summed E-state index contributed by atoms with van der Waals surface area (Å²) in [4.78, 5) is 5.60. The van der Waals surface area contributed by atoms with Crippen molar-refractivity contribution in [1.82, 2.24) is 10.6 Å². The summed E-state index contributed by atoms with van der Waals surface area (Å²) in [6.45, 7) is 4.33. The summed E-state index contributed by atoms with van der Waals surface area (Å²) in [6.07, 6.45) is 0. The first-order valence-corrected chi connectivity index (χ1v) is 8.15.